The van der Waals surface area contributed by atoms with Gasteiger partial charge in [0.05, 0.1) is 18.4 Å². The Morgan fingerprint density at radius 2 is 2.50 bits per heavy atom. The normalized spacial score (nSPS) is 14.9. The SMILES string of the molecule is CCn1ncc2c1CN(C=O)C2. The Morgan fingerprint density at radius 1 is 1.67 bits per heavy atom. The summed E-state index contributed by atoms with van der Waals surface area (Å²) in [5.74, 6) is 0. The molecule has 0 bridgehead atoms. The molecule has 0 spiro atoms. The number of rotatable bonds is 2. The van der Waals surface area contributed by atoms with Crippen molar-refractivity contribution in [2.24, 2.45) is 0 Å². The summed E-state index contributed by atoms with van der Waals surface area (Å²) in [6.07, 6.45) is 2.74. The Labute approximate surface area is 70.8 Å². The van der Waals surface area contributed by atoms with Crippen molar-refractivity contribution in [3.05, 3.63) is 17.5 Å². The monoisotopic (exact) mass is 165 g/mol. The summed E-state index contributed by atoms with van der Waals surface area (Å²) in [7, 11) is 0. The van der Waals surface area contributed by atoms with Crippen LogP contribution in [0.5, 0.6) is 0 Å². The second-order valence-electron chi connectivity index (χ2n) is 2.94. The number of aromatic nitrogens is 2. The van der Waals surface area contributed by atoms with Crippen LogP contribution in [0.4, 0.5) is 0 Å². The van der Waals surface area contributed by atoms with E-state index in [9.17, 15) is 4.79 Å². The summed E-state index contributed by atoms with van der Waals surface area (Å²) < 4.78 is 1.94. The second kappa shape index (κ2) is 2.62. The minimum Gasteiger partial charge on any atom is -0.335 e. The highest BCUT2D eigenvalue weighted by atomic mass is 16.1. The number of aryl methyl sites for hydroxylation is 1. The second-order valence-corrected chi connectivity index (χ2v) is 2.94. The zero-order valence-electron chi connectivity index (χ0n) is 7.03. The van der Waals surface area contributed by atoms with Crippen molar-refractivity contribution in [1.82, 2.24) is 14.7 Å². The number of carbonyl (C=O) groups is 1. The molecule has 0 fully saturated rings. The minimum absolute atomic E-state index is 0.715. The van der Waals surface area contributed by atoms with Crippen molar-refractivity contribution in [3.63, 3.8) is 0 Å². The lowest BCUT2D eigenvalue weighted by molar-refractivity contribution is -0.118. The predicted molar refractivity (Wildman–Crippen MR) is 43.2 cm³/mol. The van der Waals surface area contributed by atoms with Crippen LogP contribution >= 0.6 is 0 Å². The number of nitrogens with zero attached hydrogens (tertiary/aromatic N) is 3. The molecule has 0 aliphatic carbocycles. The maximum absolute atomic E-state index is 10.5. The third kappa shape index (κ3) is 0.913. The highest BCUT2D eigenvalue weighted by Crippen LogP contribution is 2.20. The van der Waals surface area contributed by atoms with E-state index in [1.807, 2.05) is 10.9 Å². The van der Waals surface area contributed by atoms with E-state index in [0.29, 0.717) is 6.54 Å². The molecule has 2 heterocycles. The van der Waals surface area contributed by atoms with Crippen molar-refractivity contribution in [2.45, 2.75) is 26.6 Å². The molecule has 2 rings (SSSR count). The summed E-state index contributed by atoms with van der Waals surface area (Å²) in [5, 5.41) is 4.20. The number of carbonyl (C=O) groups excluding carboxylic acids is 1. The standard InChI is InChI=1S/C8H11N3O/c1-2-11-8-5-10(6-12)4-7(8)3-9-11/h3,6H,2,4-5H2,1H3. The van der Waals surface area contributed by atoms with E-state index in [-0.39, 0.29) is 0 Å². The number of hydrogen-bond acceptors (Lipinski definition) is 2. The molecule has 0 saturated heterocycles. The van der Waals surface area contributed by atoms with Gasteiger partial charge in [0.15, 0.2) is 0 Å². The van der Waals surface area contributed by atoms with E-state index >= 15 is 0 Å². The molecule has 0 saturated carbocycles. The molecule has 0 aromatic carbocycles. The Morgan fingerprint density at radius 3 is 3.17 bits per heavy atom. The molecule has 0 atom stereocenters. The number of amides is 1. The molecule has 1 aromatic heterocycles. The van der Waals surface area contributed by atoms with Gasteiger partial charge in [0.25, 0.3) is 0 Å². The first-order valence-corrected chi connectivity index (χ1v) is 4.08. The fourth-order valence-electron chi connectivity index (χ4n) is 1.58. The van der Waals surface area contributed by atoms with Crippen LogP contribution in [-0.4, -0.2) is 21.1 Å². The van der Waals surface area contributed by atoms with Gasteiger partial charge in [-0.1, -0.05) is 0 Å². The fraction of sp³-hybridized carbons (Fsp3) is 0.500. The van der Waals surface area contributed by atoms with Crippen LogP contribution < -0.4 is 0 Å². The lowest BCUT2D eigenvalue weighted by atomic mass is 10.3. The van der Waals surface area contributed by atoms with Gasteiger partial charge in [0, 0.05) is 18.7 Å². The van der Waals surface area contributed by atoms with Crippen LogP contribution in [-0.2, 0) is 24.4 Å². The summed E-state index contributed by atoms with van der Waals surface area (Å²) in [5.41, 5.74) is 2.37. The Bertz CT molecular complexity index is 305. The first-order valence-electron chi connectivity index (χ1n) is 4.08. The number of hydrogen-bond donors (Lipinski definition) is 0. The lowest BCUT2D eigenvalue weighted by Gasteiger charge is -2.07. The third-order valence-corrected chi connectivity index (χ3v) is 2.21. The van der Waals surface area contributed by atoms with E-state index in [1.54, 1.807) is 4.90 Å². The van der Waals surface area contributed by atoms with Gasteiger partial charge < -0.3 is 4.90 Å². The van der Waals surface area contributed by atoms with Gasteiger partial charge >= 0.3 is 0 Å². The van der Waals surface area contributed by atoms with Gasteiger partial charge in [0.2, 0.25) is 6.41 Å². The fourth-order valence-corrected chi connectivity index (χ4v) is 1.58. The van der Waals surface area contributed by atoms with Gasteiger partial charge in [-0.25, -0.2) is 0 Å². The lowest BCUT2D eigenvalue weighted by Crippen LogP contribution is -2.15. The smallest absolute Gasteiger partial charge is 0.210 e. The van der Waals surface area contributed by atoms with Crippen molar-refractivity contribution in [2.75, 3.05) is 0 Å². The quantitative estimate of drug-likeness (QED) is 0.594. The number of fused-ring (bicyclic) bond motifs is 1. The molecule has 4 nitrogen and oxygen atoms in total. The van der Waals surface area contributed by atoms with Crippen LogP contribution in [0.2, 0.25) is 0 Å². The minimum atomic E-state index is 0.715. The van der Waals surface area contributed by atoms with Crippen molar-refractivity contribution in [1.29, 1.82) is 0 Å². The van der Waals surface area contributed by atoms with E-state index < -0.39 is 0 Å². The molecular weight excluding hydrogens is 154 g/mol. The predicted octanol–water partition coefficient (Wildman–Crippen LogP) is 0.375. The molecule has 0 radical (unpaired) electrons. The van der Waals surface area contributed by atoms with Gasteiger partial charge in [-0.05, 0) is 6.92 Å². The molecule has 4 heteroatoms. The van der Waals surface area contributed by atoms with Crippen molar-refractivity contribution >= 4 is 6.41 Å². The average molecular weight is 165 g/mol. The summed E-state index contributed by atoms with van der Waals surface area (Å²) in [6.45, 7) is 4.37. The zero-order chi connectivity index (χ0) is 8.55. The highest BCUT2D eigenvalue weighted by Gasteiger charge is 2.21. The topological polar surface area (TPSA) is 38.1 Å². The maximum Gasteiger partial charge on any atom is 0.210 e. The van der Waals surface area contributed by atoms with E-state index in [1.165, 1.54) is 11.3 Å². The Hall–Kier alpha value is -1.32. The summed E-state index contributed by atoms with van der Waals surface area (Å²) in [6, 6.07) is 0. The molecule has 1 aliphatic rings. The van der Waals surface area contributed by atoms with Crippen LogP contribution in [0.3, 0.4) is 0 Å². The van der Waals surface area contributed by atoms with Gasteiger partial charge in [-0.15, -0.1) is 0 Å². The molecule has 64 valence electrons. The van der Waals surface area contributed by atoms with Gasteiger partial charge in [-0.3, -0.25) is 9.48 Å². The Balaban J connectivity index is 2.30. The van der Waals surface area contributed by atoms with Crippen molar-refractivity contribution < 1.29 is 4.79 Å². The Kier molecular flexibility index (Phi) is 1.60. The van der Waals surface area contributed by atoms with Gasteiger partial charge in [0.1, 0.15) is 0 Å². The molecule has 1 amide bonds. The molecule has 1 aromatic rings. The first kappa shape index (κ1) is 7.34. The van der Waals surface area contributed by atoms with Crippen LogP contribution in [0.15, 0.2) is 6.20 Å². The maximum atomic E-state index is 10.5. The van der Waals surface area contributed by atoms with E-state index in [0.717, 1.165) is 19.5 Å². The summed E-state index contributed by atoms with van der Waals surface area (Å²) >= 11 is 0. The van der Waals surface area contributed by atoms with Crippen LogP contribution in [0, 0.1) is 0 Å². The van der Waals surface area contributed by atoms with Crippen LogP contribution in [0.1, 0.15) is 18.2 Å². The van der Waals surface area contributed by atoms with E-state index in [2.05, 4.69) is 12.0 Å². The van der Waals surface area contributed by atoms with E-state index in [4.69, 9.17) is 0 Å². The molecule has 1 aliphatic heterocycles. The molecule has 0 N–H and O–H groups in total. The third-order valence-electron chi connectivity index (χ3n) is 2.21. The molecular formula is C8H11N3O. The highest BCUT2D eigenvalue weighted by molar-refractivity contribution is 5.49. The van der Waals surface area contributed by atoms with Gasteiger partial charge in [-0.2, -0.15) is 5.10 Å². The average Bonchev–Trinajstić information content (AvgIpc) is 2.61. The van der Waals surface area contributed by atoms with Crippen molar-refractivity contribution in [3.8, 4) is 0 Å². The molecule has 0 unspecified atom stereocenters. The summed E-state index contributed by atoms with van der Waals surface area (Å²) in [4.78, 5) is 12.2. The largest absolute Gasteiger partial charge is 0.335 e. The molecule has 12 heavy (non-hydrogen) atoms. The first-order chi connectivity index (χ1) is 5.85. The van der Waals surface area contributed by atoms with Crippen LogP contribution in [0.25, 0.3) is 0 Å². The zero-order valence-corrected chi connectivity index (χ0v) is 7.03.